The molecule has 0 atom stereocenters. The molecule has 0 aliphatic rings. The van der Waals surface area contributed by atoms with Crippen molar-refractivity contribution < 1.29 is 0 Å². The first-order valence-electron chi connectivity index (χ1n) is 6.10. The van der Waals surface area contributed by atoms with Gasteiger partial charge in [0.2, 0.25) is 0 Å². The maximum absolute atomic E-state index is 6.00. The summed E-state index contributed by atoms with van der Waals surface area (Å²) < 4.78 is 0. The van der Waals surface area contributed by atoms with Gasteiger partial charge in [-0.05, 0) is 31.0 Å². The van der Waals surface area contributed by atoms with E-state index < -0.39 is 0 Å². The highest BCUT2D eigenvalue weighted by atomic mass is 15.1. The lowest BCUT2D eigenvalue weighted by Gasteiger charge is -2.23. The van der Waals surface area contributed by atoms with Crippen molar-refractivity contribution in [1.29, 1.82) is 0 Å². The van der Waals surface area contributed by atoms with E-state index in [1.807, 2.05) is 6.07 Å². The number of nitrogens with two attached hydrogens (primary N) is 1. The molecule has 0 aliphatic heterocycles. The molecule has 1 rings (SSSR count). The van der Waals surface area contributed by atoms with Crippen LogP contribution in [-0.2, 0) is 6.54 Å². The summed E-state index contributed by atoms with van der Waals surface area (Å²) in [7, 11) is 0. The van der Waals surface area contributed by atoms with Crippen LogP contribution in [-0.4, -0.2) is 18.0 Å². The Kier molecular flexibility index (Phi) is 4.81. The first kappa shape index (κ1) is 13.0. The lowest BCUT2D eigenvalue weighted by molar-refractivity contribution is 0.249. The van der Waals surface area contributed by atoms with Crippen molar-refractivity contribution in [2.45, 2.75) is 34.2 Å². The van der Waals surface area contributed by atoms with Gasteiger partial charge in [-0.2, -0.15) is 0 Å². The number of nitrogens with zero attached hydrogens (tertiary/aromatic N) is 1. The van der Waals surface area contributed by atoms with Gasteiger partial charge in [-0.15, -0.1) is 0 Å². The third kappa shape index (κ3) is 3.86. The third-order valence-electron chi connectivity index (χ3n) is 2.76. The minimum atomic E-state index is 0.700. The van der Waals surface area contributed by atoms with E-state index >= 15 is 0 Å². The van der Waals surface area contributed by atoms with E-state index in [1.54, 1.807) is 0 Å². The smallest absolute Gasteiger partial charge is 0.0359 e. The number of rotatable bonds is 5. The molecular weight excluding hydrogens is 196 g/mol. The molecule has 2 N–H and O–H groups in total. The number of hydrogen-bond donors (Lipinski definition) is 1. The lowest BCUT2D eigenvalue weighted by atomic mass is 10.1. The summed E-state index contributed by atoms with van der Waals surface area (Å²) in [6.07, 6.45) is 0. The predicted molar refractivity (Wildman–Crippen MR) is 71.4 cm³/mol. The van der Waals surface area contributed by atoms with Gasteiger partial charge in [0.05, 0.1) is 0 Å². The van der Waals surface area contributed by atoms with Gasteiger partial charge in [-0.25, -0.2) is 0 Å². The second-order valence-corrected chi connectivity index (χ2v) is 4.92. The summed E-state index contributed by atoms with van der Waals surface area (Å²) in [5.74, 6) is 0.700. The Hall–Kier alpha value is -1.02. The van der Waals surface area contributed by atoms with Crippen molar-refractivity contribution in [1.82, 2.24) is 4.90 Å². The number of benzene rings is 1. The summed E-state index contributed by atoms with van der Waals surface area (Å²) >= 11 is 0. The second-order valence-electron chi connectivity index (χ2n) is 4.92. The van der Waals surface area contributed by atoms with Crippen LogP contribution in [0, 0.1) is 12.8 Å². The minimum Gasteiger partial charge on any atom is -0.398 e. The van der Waals surface area contributed by atoms with Crippen molar-refractivity contribution in [3.63, 3.8) is 0 Å². The predicted octanol–water partition coefficient (Wildman–Crippen LogP) is 3.06. The van der Waals surface area contributed by atoms with Crippen LogP contribution in [0.5, 0.6) is 0 Å². The van der Waals surface area contributed by atoms with Crippen molar-refractivity contribution >= 4 is 5.69 Å². The van der Waals surface area contributed by atoms with Gasteiger partial charge < -0.3 is 5.73 Å². The van der Waals surface area contributed by atoms with Gasteiger partial charge in [0.1, 0.15) is 0 Å². The molecule has 0 amide bonds. The summed E-state index contributed by atoms with van der Waals surface area (Å²) in [6, 6.07) is 6.27. The van der Waals surface area contributed by atoms with E-state index in [1.165, 1.54) is 11.1 Å². The van der Waals surface area contributed by atoms with E-state index in [0.29, 0.717) is 5.92 Å². The molecule has 2 nitrogen and oxygen atoms in total. The average Bonchev–Trinajstić information content (AvgIpc) is 2.21. The molecular formula is C14H24N2. The molecule has 0 aromatic heterocycles. The number of nitrogen functional groups attached to an aromatic ring is 1. The summed E-state index contributed by atoms with van der Waals surface area (Å²) in [6.45, 7) is 12.0. The van der Waals surface area contributed by atoms with Gasteiger partial charge in [-0.1, -0.05) is 38.5 Å². The molecule has 0 heterocycles. The first-order chi connectivity index (χ1) is 7.52. The van der Waals surface area contributed by atoms with E-state index in [-0.39, 0.29) is 0 Å². The first-order valence-corrected chi connectivity index (χ1v) is 6.10. The summed E-state index contributed by atoms with van der Waals surface area (Å²) in [5, 5.41) is 0. The molecule has 0 saturated heterocycles. The number of anilines is 1. The number of hydrogen-bond acceptors (Lipinski definition) is 2. The lowest BCUT2D eigenvalue weighted by Crippen LogP contribution is -2.27. The zero-order valence-corrected chi connectivity index (χ0v) is 11.0. The van der Waals surface area contributed by atoms with Crippen molar-refractivity contribution in [2.24, 2.45) is 5.92 Å². The zero-order chi connectivity index (χ0) is 12.1. The van der Waals surface area contributed by atoms with E-state index in [9.17, 15) is 0 Å². The minimum absolute atomic E-state index is 0.700. The van der Waals surface area contributed by atoms with Crippen LogP contribution in [0.25, 0.3) is 0 Å². The molecule has 2 heteroatoms. The number of aryl methyl sites for hydroxylation is 1. The van der Waals surface area contributed by atoms with Crippen LogP contribution >= 0.6 is 0 Å². The second kappa shape index (κ2) is 5.90. The Labute approximate surface area is 99.5 Å². The molecule has 0 bridgehead atoms. The Morgan fingerprint density at radius 2 is 2.00 bits per heavy atom. The highest BCUT2D eigenvalue weighted by Crippen LogP contribution is 2.16. The van der Waals surface area contributed by atoms with Crippen LogP contribution in [0.15, 0.2) is 18.2 Å². The Bertz CT molecular complexity index is 332. The Balaban J connectivity index is 2.73. The van der Waals surface area contributed by atoms with Crippen LogP contribution < -0.4 is 5.73 Å². The van der Waals surface area contributed by atoms with E-state index in [2.05, 4.69) is 44.7 Å². The van der Waals surface area contributed by atoms with Crippen LogP contribution in [0.1, 0.15) is 31.9 Å². The molecule has 0 saturated carbocycles. The Morgan fingerprint density at radius 1 is 1.31 bits per heavy atom. The quantitative estimate of drug-likeness (QED) is 0.773. The monoisotopic (exact) mass is 220 g/mol. The SMILES string of the molecule is CCN(Cc1cc(C)ccc1N)CC(C)C. The molecule has 1 aromatic carbocycles. The molecule has 90 valence electrons. The van der Waals surface area contributed by atoms with Crippen LogP contribution in [0.4, 0.5) is 5.69 Å². The summed E-state index contributed by atoms with van der Waals surface area (Å²) in [5.41, 5.74) is 9.44. The van der Waals surface area contributed by atoms with Crippen LogP contribution in [0.2, 0.25) is 0 Å². The third-order valence-corrected chi connectivity index (χ3v) is 2.76. The fraction of sp³-hybridized carbons (Fsp3) is 0.571. The molecule has 0 radical (unpaired) electrons. The standard InChI is InChI=1S/C14H24N2/c1-5-16(9-11(2)3)10-13-8-12(4)6-7-14(13)15/h6-8,11H,5,9-10,15H2,1-4H3. The van der Waals surface area contributed by atoms with Gasteiger partial charge in [0.25, 0.3) is 0 Å². The topological polar surface area (TPSA) is 29.3 Å². The van der Waals surface area contributed by atoms with E-state index in [0.717, 1.165) is 25.3 Å². The van der Waals surface area contributed by atoms with E-state index in [4.69, 9.17) is 5.73 Å². The van der Waals surface area contributed by atoms with Crippen molar-refractivity contribution in [3.8, 4) is 0 Å². The fourth-order valence-electron chi connectivity index (χ4n) is 1.93. The highest BCUT2D eigenvalue weighted by molar-refractivity contribution is 5.48. The maximum Gasteiger partial charge on any atom is 0.0359 e. The van der Waals surface area contributed by atoms with Gasteiger partial charge in [-0.3, -0.25) is 4.90 Å². The molecule has 0 fully saturated rings. The largest absolute Gasteiger partial charge is 0.398 e. The zero-order valence-electron chi connectivity index (χ0n) is 11.0. The van der Waals surface area contributed by atoms with Gasteiger partial charge in [0.15, 0.2) is 0 Å². The molecule has 0 unspecified atom stereocenters. The van der Waals surface area contributed by atoms with Crippen molar-refractivity contribution in [3.05, 3.63) is 29.3 Å². The fourth-order valence-corrected chi connectivity index (χ4v) is 1.93. The normalized spacial score (nSPS) is 11.4. The highest BCUT2D eigenvalue weighted by Gasteiger charge is 2.08. The molecule has 0 spiro atoms. The van der Waals surface area contributed by atoms with Gasteiger partial charge in [0, 0.05) is 18.8 Å². The molecule has 0 aliphatic carbocycles. The average molecular weight is 220 g/mol. The van der Waals surface area contributed by atoms with Crippen LogP contribution in [0.3, 0.4) is 0 Å². The Morgan fingerprint density at radius 3 is 2.56 bits per heavy atom. The molecule has 1 aromatic rings. The maximum atomic E-state index is 6.00. The molecule has 16 heavy (non-hydrogen) atoms. The van der Waals surface area contributed by atoms with Crippen molar-refractivity contribution in [2.75, 3.05) is 18.8 Å². The van der Waals surface area contributed by atoms with Gasteiger partial charge >= 0.3 is 0 Å². The summed E-state index contributed by atoms with van der Waals surface area (Å²) in [4.78, 5) is 2.44.